The third kappa shape index (κ3) is 5.37. The summed E-state index contributed by atoms with van der Waals surface area (Å²) in [4.78, 5) is 25.1. The lowest BCUT2D eigenvalue weighted by Crippen LogP contribution is -3.14. The first-order valence-corrected chi connectivity index (χ1v) is 8.50. The first kappa shape index (κ1) is 18.0. The number of piperidine rings is 1. The highest BCUT2D eigenvalue weighted by molar-refractivity contribution is 6.42. The van der Waals surface area contributed by atoms with Crippen molar-refractivity contribution in [2.24, 2.45) is 5.92 Å². The number of hydrogen-bond acceptors (Lipinski definition) is 3. The van der Waals surface area contributed by atoms with Crippen molar-refractivity contribution < 1.29 is 19.2 Å². The number of ether oxygens (including phenoxy) is 1. The largest absolute Gasteiger partial charge is 0.466 e. The van der Waals surface area contributed by atoms with Crippen LogP contribution in [0.3, 0.4) is 0 Å². The standard InChI is InChI=1S/C16H20Cl2N2O3/c1-2-23-16(22)11-4-3-7-20(9-11)10-15(21)19-12-5-6-13(17)14(18)8-12/h5-6,8,11H,2-4,7,9-10H2,1H3,(H,19,21)/p+1/t11-/m1/s1. The van der Waals surface area contributed by atoms with Gasteiger partial charge in [0.2, 0.25) is 0 Å². The highest BCUT2D eigenvalue weighted by Crippen LogP contribution is 2.24. The van der Waals surface area contributed by atoms with Crippen LogP contribution in [0.2, 0.25) is 10.0 Å². The molecule has 0 spiro atoms. The molecule has 1 saturated heterocycles. The zero-order valence-electron chi connectivity index (χ0n) is 13.0. The Morgan fingerprint density at radius 2 is 2.13 bits per heavy atom. The van der Waals surface area contributed by atoms with Crippen LogP contribution in [-0.2, 0) is 14.3 Å². The number of halogens is 2. The number of likely N-dealkylation sites (tertiary alicyclic amines) is 1. The summed E-state index contributed by atoms with van der Waals surface area (Å²) in [6, 6.07) is 4.97. The summed E-state index contributed by atoms with van der Waals surface area (Å²) in [5, 5.41) is 3.66. The van der Waals surface area contributed by atoms with E-state index in [1.807, 2.05) is 0 Å². The molecule has 2 N–H and O–H groups in total. The van der Waals surface area contributed by atoms with E-state index in [0.717, 1.165) is 24.3 Å². The highest BCUT2D eigenvalue weighted by atomic mass is 35.5. The van der Waals surface area contributed by atoms with Crippen molar-refractivity contribution in [2.75, 3.05) is 31.6 Å². The van der Waals surface area contributed by atoms with E-state index >= 15 is 0 Å². The number of amides is 1. The quantitative estimate of drug-likeness (QED) is 0.788. The van der Waals surface area contributed by atoms with Gasteiger partial charge in [0.1, 0.15) is 5.92 Å². The maximum Gasteiger partial charge on any atom is 0.314 e. The minimum absolute atomic E-state index is 0.108. The zero-order chi connectivity index (χ0) is 16.8. The van der Waals surface area contributed by atoms with Crippen LogP contribution in [-0.4, -0.2) is 38.1 Å². The van der Waals surface area contributed by atoms with Crippen molar-refractivity contribution in [1.29, 1.82) is 0 Å². The molecule has 1 aromatic rings. The normalized spacial score (nSPS) is 20.8. The van der Waals surface area contributed by atoms with Crippen LogP contribution in [0.1, 0.15) is 19.8 Å². The van der Waals surface area contributed by atoms with Crippen LogP contribution >= 0.6 is 23.2 Å². The molecule has 7 heteroatoms. The van der Waals surface area contributed by atoms with Crippen LogP contribution in [0.25, 0.3) is 0 Å². The van der Waals surface area contributed by atoms with E-state index in [2.05, 4.69) is 5.32 Å². The molecule has 1 aliphatic heterocycles. The van der Waals surface area contributed by atoms with E-state index in [4.69, 9.17) is 27.9 Å². The van der Waals surface area contributed by atoms with Gasteiger partial charge in [-0.2, -0.15) is 0 Å². The van der Waals surface area contributed by atoms with Crippen molar-refractivity contribution >= 4 is 40.8 Å². The monoisotopic (exact) mass is 359 g/mol. The zero-order valence-corrected chi connectivity index (χ0v) is 14.5. The smallest absolute Gasteiger partial charge is 0.314 e. The summed E-state index contributed by atoms with van der Waals surface area (Å²) in [6.07, 6.45) is 1.75. The first-order valence-electron chi connectivity index (χ1n) is 7.74. The lowest BCUT2D eigenvalue weighted by atomic mass is 9.98. The van der Waals surface area contributed by atoms with E-state index in [1.165, 1.54) is 0 Å². The van der Waals surface area contributed by atoms with E-state index < -0.39 is 0 Å². The summed E-state index contributed by atoms with van der Waals surface area (Å²) in [5.41, 5.74) is 0.614. The highest BCUT2D eigenvalue weighted by Gasteiger charge is 2.30. The number of carbonyl (C=O) groups is 2. The fourth-order valence-corrected chi connectivity index (χ4v) is 3.08. The number of quaternary nitrogens is 1. The van der Waals surface area contributed by atoms with Crippen molar-refractivity contribution in [3.63, 3.8) is 0 Å². The molecule has 23 heavy (non-hydrogen) atoms. The molecule has 0 bridgehead atoms. The van der Waals surface area contributed by atoms with Crippen molar-refractivity contribution in [2.45, 2.75) is 19.8 Å². The second-order valence-electron chi connectivity index (χ2n) is 5.65. The third-order valence-corrected chi connectivity index (χ3v) is 4.59. The van der Waals surface area contributed by atoms with Gasteiger partial charge in [-0.3, -0.25) is 9.59 Å². The van der Waals surface area contributed by atoms with Gasteiger partial charge in [-0.15, -0.1) is 0 Å². The van der Waals surface area contributed by atoms with Gasteiger partial charge in [0.05, 0.1) is 29.7 Å². The molecule has 5 nitrogen and oxygen atoms in total. The maximum absolute atomic E-state index is 12.2. The Morgan fingerprint density at radius 1 is 1.35 bits per heavy atom. The average Bonchev–Trinajstić information content (AvgIpc) is 2.51. The van der Waals surface area contributed by atoms with Gasteiger partial charge in [-0.05, 0) is 38.0 Å². The van der Waals surface area contributed by atoms with Crippen LogP contribution < -0.4 is 10.2 Å². The Bertz CT molecular complexity index is 580. The van der Waals surface area contributed by atoms with E-state index in [1.54, 1.807) is 25.1 Å². The summed E-state index contributed by atoms with van der Waals surface area (Å²) in [7, 11) is 0. The number of hydrogen-bond donors (Lipinski definition) is 2. The van der Waals surface area contributed by atoms with Gasteiger partial charge in [-0.1, -0.05) is 23.2 Å². The lowest BCUT2D eigenvalue weighted by Gasteiger charge is -2.28. The number of anilines is 1. The second kappa shape index (κ2) is 8.52. The predicted molar refractivity (Wildman–Crippen MR) is 90.0 cm³/mol. The molecule has 2 rings (SSSR count). The number of benzene rings is 1. The topological polar surface area (TPSA) is 59.8 Å². The molecule has 1 aromatic carbocycles. The lowest BCUT2D eigenvalue weighted by molar-refractivity contribution is -0.899. The molecule has 1 heterocycles. The Kier molecular flexibility index (Phi) is 6.69. The molecule has 1 amide bonds. The summed E-state index contributed by atoms with van der Waals surface area (Å²) in [5.74, 6) is -0.381. The van der Waals surface area contributed by atoms with E-state index in [9.17, 15) is 9.59 Å². The van der Waals surface area contributed by atoms with Crippen LogP contribution in [0.5, 0.6) is 0 Å². The number of nitrogens with one attached hydrogen (secondary N) is 2. The summed E-state index contributed by atoms with van der Waals surface area (Å²) < 4.78 is 5.07. The molecule has 0 saturated carbocycles. The molecular weight excluding hydrogens is 339 g/mol. The number of rotatable bonds is 5. The Balaban J connectivity index is 1.86. The molecule has 1 unspecified atom stereocenters. The molecular formula is C16H21Cl2N2O3+. The molecule has 0 radical (unpaired) electrons. The first-order chi connectivity index (χ1) is 11.0. The minimum atomic E-state index is -0.158. The Hall–Kier alpha value is -1.30. The molecule has 1 aliphatic rings. The van der Waals surface area contributed by atoms with E-state index in [-0.39, 0.29) is 17.8 Å². The van der Waals surface area contributed by atoms with Crippen LogP contribution in [0, 0.1) is 5.92 Å². The summed E-state index contributed by atoms with van der Waals surface area (Å²) in [6.45, 7) is 4.02. The van der Waals surface area contributed by atoms with Gasteiger partial charge in [0.15, 0.2) is 6.54 Å². The van der Waals surface area contributed by atoms with Crippen LogP contribution in [0.15, 0.2) is 18.2 Å². The Labute approximate surface area is 145 Å². The predicted octanol–water partition coefficient (Wildman–Crippen LogP) is 1.79. The second-order valence-corrected chi connectivity index (χ2v) is 6.46. The molecule has 0 aliphatic carbocycles. The fraction of sp³-hybridized carbons (Fsp3) is 0.500. The molecule has 0 aromatic heterocycles. The fourth-order valence-electron chi connectivity index (χ4n) is 2.78. The van der Waals surface area contributed by atoms with Gasteiger partial charge in [0.25, 0.3) is 5.91 Å². The van der Waals surface area contributed by atoms with Gasteiger partial charge in [0, 0.05) is 5.69 Å². The number of esters is 1. The molecule has 126 valence electrons. The van der Waals surface area contributed by atoms with Gasteiger partial charge >= 0.3 is 5.97 Å². The van der Waals surface area contributed by atoms with Crippen molar-refractivity contribution in [3.8, 4) is 0 Å². The molecule has 1 fully saturated rings. The van der Waals surface area contributed by atoms with Gasteiger partial charge in [-0.25, -0.2) is 0 Å². The van der Waals surface area contributed by atoms with Crippen molar-refractivity contribution in [1.82, 2.24) is 0 Å². The maximum atomic E-state index is 12.2. The average molecular weight is 360 g/mol. The van der Waals surface area contributed by atoms with Crippen molar-refractivity contribution in [3.05, 3.63) is 28.2 Å². The van der Waals surface area contributed by atoms with E-state index in [0.29, 0.717) is 35.4 Å². The minimum Gasteiger partial charge on any atom is -0.466 e. The Morgan fingerprint density at radius 3 is 2.83 bits per heavy atom. The summed E-state index contributed by atoms with van der Waals surface area (Å²) >= 11 is 11.8. The van der Waals surface area contributed by atoms with Crippen LogP contribution in [0.4, 0.5) is 5.69 Å². The SMILES string of the molecule is CCOC(=O)[C@@H]1CCC[NH+](CC(=O)Nc2ccc(Cl)c(Cl)c2)C1. The molecule has 2 atom stereocenters. The van der Waals surface area contributed by atoms with Gasteiger partial charge < -0.3 is 15.0 Å². The third-order valence-electron chi connectivity index (χ3n) is 3.85. The number of carbonyl (C=O) groups excluding carboxylic acids is 2.